The summed E-state index contributed by atoms with van der Waals surface area (Å²) in [7, 11) is 2.97. The predicted molar refractivity (Wildman–Crippen MR) is 60.6 cm³/mol. The molecule has 0 aliphatic heterocycles. The zero-order valence-electron chi connectivity index (χ0n) is 8.77. The Labute approximate surface area is 97.4 Å². The van der Waals surface area contributed by atoms with Crippen LogP contribution < -0.4 is 9.47 Å². The number of nitrogens with zero attached hydrogens (tertiary/aromatic N) is 1. The van der Waals surface area contributed by atoms with E-state index in [1.165, 1.54) is 20.3 Å². The second-order valence-electron chi connectivity index (χ2n) is 2.83. The van der Waals surface area contributed by atoms with E-state index in [-0.39, 0.29) is 0 Å². The van der Waals surface area contributed by atoms with Crippen LogP contribution in [0.1, 0.15) is 5.56 Å². The molecule has 16 heavy (non-hydrogen) atoms. The predicted octanol–water partition coefficient (Wildman–Crippen LogP) is 2.60. The molecule has 0 aromatic heterocycles. The number of nitro groups is 1. The van der Waals surface area contributed by atoms with Crippen LogP contribution in [0.3, 0.4) is 0 Å². The molecule has 0 heterocycles. The van der Waals surface area contributed by atoms with Crippen LogP contribution in [0.4, 0.5) is 0 Å². The number of ether oxygens (including phenoxy) is 2. The standard InChI is InChI=1S/C10H10ClNO4/c1-15-9-5-7(3-4-12(13)14)8(11)6-10(9)16-2/h3-6H,1-2H3. The number of benzene rings is 1. The summed E-state index contributed by atoms with van der Waals surface area (Å²) in [6, 6.07) is 3.11. The molecule has 0 bridgehead atoms. The number of methoxy groups -OCH3 is 2. The second-order valence-corrected chi connectivity index (χ2v) is 3.24. The number of hydrogen-bond acceptors (Lipinski definition) is 4. The Kier molecular flexibility index (Phi) is 4.13. The molecule has 0 N–H and O–H groups in total. The van der Waals surface area contributed by atoms with Gasteiger partial charge in [0.25, 0.3) is 0 Å². The summed E-state index contributed by atoms with van der Waals surface area (Å²) in [5.41, 5.74) is 0.496. The van der Waals surface area contributed by atoms with Gasteiger partial charge in [0, 0.05) is 17.7 Å². The lowest BCUT2D eigenvalue weighted by Gasteiger charge is -2.09. The van der Waals surface area contributed by atoms with Gasteiger partial charge in [0.1, 0.15) is 0 Å². The molecule has 1 aromatic rings. The summed E-state index contributed by atoms with van der Waals surface area (Å²) >= 11 is 5.91. The Morgan fingerprint density at radius 2 is 1.88 bits per heavy atom. The SMILES string of the molecule is COc1cc(Cl)c(C=C[N+](=O)[O-])cc1OC. The molecule has 0 unspecified atom stereocenters. The third-order valence-corrected chi connectivity index (χ3v) is 2.21. The molecule has 0 saturated carbocycles. The maximum absolute atomic E-state index is 10.2. The summed E-state index contributed by atoms with van der Waals surface area (Å²) in [6.45, 7) is 0. The molecule has 0 aliphatic carbocycles. The first kappa shape index (κ1) is 12.3. The van der Waals surface area contributed by atoms with E-state index < -0.39 is 4.92 Å². The van der Waals surface area contributed by atoms with Crippen molar-refractivity contribution >= 4 is 17.7 Å². The molecule has 6 heteroatoms. The van der Waals surface area contributed by atoms with Gasteiger partial charge < -0.3 is 9.47 Å². The number of hydrogen-bond donors (Lipinski definition) is 0. The van der Waals surface area contributed by atoms with Gasteiger partial charge in [0.2, 0.25) is 6.20 Å². The quantitative estimate of drug-likeness (QED) is 0.602. The third-order valence-electron chi connectivity index (χ3n) is 1.88. The summed E-state index contributed by atoms with van der Waals surface area (Å²) in [5.74, 6) is 0.945. The smallest absolute Gasteiger partial charge is 0.235 e. The third kappa shape index (κ3) is 2.87. The van der Waals surface area contributed by atoms with Crippen molar-refractivity contribution in [3.05, 3.63) is 39.0 Å². The molecule has 86 valence electrons. The van der Waals surface area contributed by atoms with Crippen LogP contribution in [0.5, 0.6) is 11.5 Å². The lowest BCUT2D eigenvalue weighted by atomic mass is 10.2. The van der Waals surface area contributed by atoms with Gasteiger partial charge in [-0.05, 0) is 6.07 Å². The summed E-state index contributed by atoms with van der Waals surface area (Å²) in [5, 5.41) is 10.5. The van der Waals surface area contributed by atoms with Crippen molar-refractivity contribution in [1.82, 2.24) is 0 Å². The van der Waals surface area contributed by atoms with E-state index >= 15 is 0 Å². The van der Waals surface area contributed by atoms with Gasteiger partial charge in [0.05, 0.1) is 24.2 Å². The Balaban J connectivity index is 3.16. The average Bonchev–Trinajstić information content (AvgIpc) is 2.26. The molecule has 0 spiro atoms. The van der Waals surface area contributed by atoms with Gasteiger partial charge in [-0.3, -0.25) is 10.1 Å². The van der Waals surface area contributed by atoms with Crippen LogP contribution in [0.15, 0.2) is 18.3 Å². The minimum atomic E-state index is -0.562. The van der Waals surface area contributed by atoms with E-state index in [9.17, 15) is 10.1 Å². The van der Waals surface area contributed by atoms with Gasteiger partial charge in [-0.1, -0.05) is 11.6 Å². The minimum Gasteiger partial charge on any atom is -0.493 e. The maximum Gasteiger partial charge on any atom is 0.235 e. The van der Waals surface area contributed by atoms with Crippen LogP contribution in [-0.2, 0) is 0 Å². The highest BCUT2D eigenvalue weighted by molar-refractivity contribution is 6.32. The van der Waals surface area contributed by atoms with Crippen LogP contribution in [0.25, 0.3) is 6.08 Å². The lowest BCUT2D eigenvalue weighted by molar-refractivity contribution is -0.400. The Morgan fingerprint density at radius 3 is 2.38 bits per heavy atom. The first-order valence-electron chi connectivity index (χ1n) is 4.31. The molecule has 0 fully saturated rings. The minimum absolute atomic E-state index is 0.357. The summed E-state index contributed by atoms with van der Waals surface area (Å²) in [6.07, 6.45) is 2.11. The van der Waals surface area contributed by atoms with Gasteiger partial charge >= 0.3 is 0 Å². The topological polar surface area (TPSA) is 61.6 Å². The molecular formula is C10H10ClNO4. The first-order valence-corrected chi connectivity index (χ1v) is 4.69. The van der Waals surface area contributed by atoms with Crippen molar-refractivity contribution in [1.29, 1.82) is 0 Å². The van der Waals surface area contributed by atoms with Gasteiger partial charge in [-0.25, -0.2) is 0 Å². The zero-order chi connectivity index (χ0) is 12.1. The Bertz CT molecular complexity index is 431. The number of halogens is 1. The van der Waals surface area contributed by atoms with Crippen molar-refractivity contribution in [3.63, 3.8) is 0 Å². The molecule has 1 rings (SSSR count). The van der Waals surface area contributed by atoms with Gasteiger partial charge in [-0.2, -0.15) is 0 Å². The highest BCUT2D eigenvalue weighted by Crippen LogP contribution is 2.33. The van der Waals surface area contributed by atoms with Crippen LogP contribution in [0, 0.1) is 10.1 Å². The fraction of sp³-hybridized carbons (Fsp3) is 0.200. The molecule has 0 aliphatic rings. The molecule has 1 aromatic carbocycles. The fourth-order valence-electron chi connectivity index (χ4n) is 1.14. The monoisotopic (exact) mass is 243 g/mol. The van der Waals surface area contributed by atoms with Gasteiger partial charge in [0.15, 0.2) is 11.5 Å². The Morgan fingerprint density at radius 1 is 1.31 bits per heavy atom. The molecule has 5 nitrogen and oxygen atoms in total. The van der Waals surface area contributed by atoms with Crippen LogP contribution in [0.2, 0.25) is 5.02 Å². The number of rotatable bonds is 4. The fourth-order valence-corrected chi connectivity index (χ4v) is 1.36. The van der Waals surface area contributed by atoms with E-state index in [0.29, 0.717) is 22.1 Å². The normalized spacial score (nSPS) is 10.4. The molecule has 0 radical (unpaired) electrons. The van der Waals surface area contributed by atoms with Crippen LogP contribution >= 0.6 is 11.6 Å². The zero-order valence-corrected chi connectivity index (χ0v) is 9.52. The second kappa shape index (κ2) is 5.37. The van der Waals surface area contributed by atoms with Crippen LogP contribution in [-0.4, -0.2) is 19.1 Å². The van der Waals surface area contributed by atoms with E-state index in [0.717, 1.165) is 6.20 Å². The summed E-state index contributed by atoms with van der Waals surface area (Å²) in [4.78, 5) is 9.62. The van der Waals surface area contributed by atoms with Crippen molar-refractivity contribution in [2.24, 2.45) is 0 Å². The largest absolute Gasteiger partial charge is 0.493 e. The van der Waals surface area contributed by atoms with Crippen molar-refractivity contribution in [2.75, 3.05) is 14.2 Å². The van der Waals surface area contributed by atoms with E-state index in [1.54, 1.807) is 12.1 Å². The lowest BCUT2D eigenvalue weighted by Crippen LogP contribution is -1.92. The van der Waals surface area contributed by atoms with E-state index in [4.69, 9.17) is 21.1 Å². The van der Waals surface area contributed by atoms with E-state index in [2.05, 4.69) is 0 Å². The molecule has 0 atom stereocenters. The van der Waals surface area contributed by atoms with Gasteiger partial charge in [-0.15, -0.1) is 0 Å². The molecule has 0 amide bonds. The molecule has 0 saturated heterocycles. The van der Waals surface area contributed by atoms with E-state index in [1.807, 2.05) is 0 Å². The van der Waals surface area contributed by atoms with Crippen molar-refractivity contribution in [2.45, 2.75) is 0 Å². The Hall–Kier alpha value is -1.75. The van der Waals surface area contributed by atoms with Crippen molar-refractivity contribution in [3.8, 4) is 11.5 Å². The average molecular weight is 244 g/mol. The first-order chi connectivity index (χ1) is 7.58. The van der Waals surface area contributed by atoms with Crippen molar-refractivity contribution < 1.29 is 14.4 Å². The highest BCUT2D eigenvalue weighted by atomic mass is 35.5. The maximum atomic E-state index is 10.2. The molecular weight excluding hydrogens is 234 g/mol. The highest BCUT2D eigenvalue weighted by Gasteiger charge is 2.08. The summed E-state index contributed by atoms with van der Waals surface area (Å²) < 4.78 is 10.1.